The lowest BCUT2D eigenvalue weighted by Gasteiger charge is -2.56. The van der Waals surface area contributed by atoms with Crippen LogP contribution in [0.5, 0.6) is 0 Å². The molecular weight excluding hydrogens is 434 g/mol. The number of aliphatic hydroxyl groups is 1. The first-order chi connectivity index (χ1) is 15.8. The average molecular weight is 473 g/mol. The minimum absolute atomic E-state index is 0.102. The molecule has 5 rings (SSSR count). The van der Waals surface area contributed by atoms with Crippen molar-refractivity contribution in [2.75, 3.05) is 13.2 Å². The van der Waals surface area contributed by atoms with Crippen molar-refractivity contribution in [3.8, 4) is 0 Å². The van der Waals surface area contributed by atoms with Gasteiger partial charge in [-0.05, 0) is 70.6 Å². The van der Waals surface area contributed by atoms with E-state index >= 15 is 0 Å². The van der Waals surface area contributed by atoms with E-state index in [0.29, 0.717) is 57.8 Å². The Morgan fingerprint density at radius 1 is 0.818 bits per heavy atom. The molecule has 5 aliphatic carbocycles. The minimum Gasteiger partial charge on any atom is -0.391 e. The van der Waals surface area contributed by atoms with E-state index in [1.165, 1.54) is 0 Å². The lowest BCUT2D eigenvalue weighted by Crippen LogP contribution is -2.70. The molecule has 9 heteroatoms. The van der Waals surface area contributed by atoms with Crippen LogP contribution in [0.15, 0.2) is 0 Å². The van der Waals surface area contributed by atoms with Gasteiger partial charge in [-0.1, -0.05) is 0 Å². The number of carbonyl (C=O) groups excluding carboxylic acids is 2. The minimum atomic E-state index is -0.860. The quantitative estimate of drug-likeness (QED) is 0.505. The van der Waals surface area contributed by atoms with E-state index in [4.69, 9.17) is 9.47 Å². The predicted octanol–water partition coefficient (Wildman–Crippen LogP) is 2.63. The van der Waals surface area contributed by atoms with E-state index in [2.05, 4.69) is 10.6 Å². The second kappa shape index (κ2) is 10.5. The maximum atomic E-state index is 13.5. The summed E-state index contributed by atoms with van der Waals surface area (Å²) < 4.78 is 38.3. The molecule has 2 bridgehead atoms. The number of amides is 2. The lowest BCUT2D eigenvalue weighted by molar-refractivity contribution is -0.142. The van der Waals surface area contributed by atoms with Gasteiger partial charge in [0.2, 0.25) is 11.8 Å². The predicted molar refractivity (Wildman–Crippen MR) is 117 cm³/mol. The fraction of sp³-hybridized carbons (Fsp3) is 0.917. The molecule has 0 aliphatic heterocycles. The fourth-order valence-corrected chi connectivity index (χ4v) is 6.17. The molecule has 0 saturated heterocycles. The van der Waals surface area contributed by atoms with E-state index in [1.807, 2.05) is 0 Å². The molecular formula is C24H38F2N2O5. The van der Waals surface area contributed by atoms with Gasteiger partial charge in [-0.15, -0.1) is 0 Å². The van der Waals surface area contributed by atoms with Gasteiger partial charge in [0.15, 0.2) is 0 Å². The van der Waals surface area contributed by atoms with Crippen molar-refractivity contribution < 1.29 is 33.0 Å². The SMILES string of the molecule is O=C(COC1CCCC(F)C1)NC12CCC(NC(=O)COC3CCCC(F)C3)(CC1)[C@@H](O)C2. The Hall–Kier alpha value is -1.32. The van der Waals surface area contributed by atoms with Crippen molar-refractivity contribution in [3.63, 3.8) is 0 Å². The van der Waals surface area contributed by atoms with Gasteiger partial charge in [0, 0.05) is 18.4 Å². The molecule has 0 radical (unpaired) electrons. The second-order valence-electron chi connectivity index (χ2n) is 10.6. The number of halogens is 2. The van der Waals surface area contributed by atoms with Crippen LogP contribution in [0, 0.1) is 0 Å². The number of carbonyl (C=O) groups is 2. The number of alkyl halides is 2. The lowest BCUT2D eigenvalue weighted by atomic mass is 9.60. The zero-order chi connectivity index (χ0) is 23.5. The first kappa shape index (κ1) is 24.8. The van der Waals surface area contributed by atoms with Crippen molar-refractivity contribution in [2.24, 2.45) is 0 Å². The van der Waals surface area contributed by atoms with Gasteiger partial charge >= 0.3 is 0 Å². The first-order valence-electron chi connectivity index (χ1n) is 12.6. The summed E-state index contributed by atoms with van der Waals surface area (Å²) in [6.07, 6.45) is 4.75. The van der Waals surface area contributed by atoms with Crippen molar-refractivity contribution in [1.82, 2.24) is 10.6 Å². The normalized spacial score (nSPS) is 40.9. The van der Waals surface area contributed by atoms with Gasteiger partial charge in [-0.25, -0.2) is 8.78 Å². The summed E-state index contributed by atoms with van der Waals surface area (Å²) in [5.74, 6) is -0.533. The van der Waals surface area contributed by atoms with Crippen LogP contribution >= 0.6 is 0 Å². The van der Waals surface area contributed by atoms with Crippen molar-refractivity contribution in [1.29, 1.82) is 0 Å². The first-order valence-corrected chi connectivity index (χ1v) is 12.6. The summed E-state index contributed by atoms with van der Waals surface area (Å²) in [5.41, 5.74) is -1.22. The standard InChI is InChI=1S/C24H38F2N2O5/c25-16-3-1-5-18(11-16)32-14-21(30)27-23-7-9-24(10-8-23,20(29)13-23)28-22(31)15-33-19-6-2-4-17(26)12-19/h16-20,29H,1-15H2,(H,27,30)(H,28,31)/t16?,17?,18?,19?,20-,23?,24?/m0/s1. The largest absolute Gasteiger partial charge is 0.391 e. The molecule has 5 aliphatic rings. The van der Waals surface area contributed by atoms with Crippen molar-refractivity contribution in [2.45, 2.75) is 125 Å². The molecule has 2 amide bonds. The Balaban J connectivity index is 1.21. The highest BCUT2D eigenvalue weighted by atomic mass is 19.1. The smallest absolute Gasteiger partial charge is 0.246 e. The molecule has 4 unspecified atom stereocenters. The van der Waals surface area contributed by atoms with E-state index < -0.39 is 29.5 Å². The Labute approximate surface area is 194 Å². The number of hydrogen-bond acceptors (Lipinski definition) is 5. The molecule has 0 spiro atoms. The van der Waals surface area contributed by atoms with Crippen LogP contribution in [-0.4, -0.2) is 71.9 Å². The summed E-state index contributed by atoms with van der Waals surface area (Å²) >= 11 is 0. The summed E-state index contributed by atoms with van der Waals surface area (Å²) in [6.45, 7) is -0.235. The van der Waals surface area contributed by atoms with Gasteiger partial charge in [0.25, 0.3) is 0 Å². The summed E-state index contributed by atoms with van der Waals surface area (Å²) in [6, 6.07) is 0. The number of ether oxygens (including phenoxy) is 2. The van der Waals surface area contributed by atoms with Crippen LogP contribution in [0.3, 0.4) is 0 Å². The summed E-state index contributed by atoms with van der Waals surface area (Å²) in [4.78, 5) is 25.0. The molecule has 7 nitrogen and oxygen atoms in total. The number of rotatable bonds is 8. The Bertz CT molecular complexity index is 700. The zero-order valence-corrected chi connectivity index (χ0v) is 19.3. The van der Waals surface area contributed by atoms with Gasteiger partial charge in [-0.3, -0.25) is 9.59 Å². The maximum Gasteiger partial charge on any atom is 0.246 e. The average Bonchev–Trinajstić information content (AvgIpc) is 2.78. The Kier molecular flexibility index (Phi) is 7.91. The van der Waals surface area contributed by atoms with Crippen molar-refractivity contribution >= 4 is 11.8 Å². The van der Waals surface area contributed by atoms with E-state index in [9.17, 15) is 23.5 Å². The second-order valence-corrected chi connectivity index (χ2v) is 10.6. The molecule has 3 N–H and O–H groups in total. The summed E-state index contributed by atoms with van der Waals surface area (Å²) in [7, 11) is 0. The van der Waals surface area contributed by atoms with Crippen LogP contribution in [0.1, 0.15) is 83.5 Å². The number of hydrogen-bond donors (Lipinski definition) is 3. The Morgan fingerprint density at radius 3 is 1.82 bits per heavy atom. The van der Waals surface area contributed by atoms with Crippen molar-refractivity contribution in [3.05, 3.63) is 0 Å². The van der Waals surface area contributed by atoms with Crippen LogP contribution in [0.25, 0.3) is 0 Å². The molecule has 5 saturated carbocycles. The summed E-state index contributed by atoms with van der Waals surface area (Å²) in [5, 5.41) is 16.9. The molecule has 0 aromatic carbocycles. The molecule has 188 valence electrons. The molecule has 33 heavy (non-hydrogen) atoms. The van der Waals surface area contributed by atoms with Crippen LogP contribution in [0.4, 0.5) is 8.78 Å². The van der Waals surface area contributed by atoms with Gasteiger partial charge in [-0.2, -0.15) is 0 Å². The van der Waals surface area contributed by atoms with Crippen LogP contribution in [-0.2, 0) is 19.1 Å². The van der Waals surface area contributed by atoms with Gasteiger partial charge in [0.05, 0.1) is 23.9 Å². The number of fused-ring (bicyclic) bond motifs is 3. The third-order valence-electron chi connectivity index (χ3n) is 8.14. The van der Waals surface area contributed by atoms with Crippen LogP contribution in [0.2, 0.25) is 0 Å². The molecule has 5 fully saturated rings. The molecule has 0 aromatic heterocycles. The van der Waals surface area contributed by atoms with E-state index in [-0.39, 0.29) is 37.2 Å². The van der Waals surface area contributed by atoms with Gasteiger partial charge in [0.1, 0.15) is 25.6 Å². The molecule has 5 atom stereocenters. The third kappa shape index (κ3) is 6.22. The van der Waals surface area contributed by atoms with Crippen LogP contribution < -0.4 is 10.6 Å². The fourth-order valence-electron chi connectivity index (χ4n) is 6.17. The highest BCUT2D eigenvalue weighted by Gasteiger charge is 2.55. The van der Waals surface area contributed by atoms with E-state index in [1.54, 1.807) is 0 Å². The van der Waals surface area contributed by atoms with Gasteiger partial charge < -0.3 is 25.2 Å². The topological polar surface area (TPSA) is 96.9 Å². The third-order valence-corrected chi connectivity index (χ3v) is 8.14. The molecule has 0 aromatic rings. The number of aliphatic hydroxyl groups excluding tert-OH is 1. The highest BCUT2D eigenvalue weighted by molar-refractivity contribution is 5.79. The van der Waals surface area contributed by atoms with E-state index in [0.717, 1.165) is 25.7 Å². The maximum absolute atomic E-state index is 13.5. The highest BCUT2D eigenvalue weighted by Crippen LogP contribution is 2.47. The Morgan fingerprint density at radius 2 is 1.33 bits per heavy atom. The number of nitrogens with one attached hydrogen (secondary N) is 2. The molecule has 0 heterocycles. The monoisotopic (exact) mass is 472 g/mol. The zero-order valence-electron chi connectivity index (χ0n) is 19.3.